The summed E-state index contributed by atoms with van der Waals surface area (Å²) in [7, 11) is 1.64. The molecule has 0 unspecified atom stereocenters. The number of nitriles is 1. The summed E-state index contributed by atoms with van der Waals surface area (Å²) in [5, 5.41) is 11.9. The number of nitrogens with zero attached hydrogens (tertiary/aromatic N) is 3. The number of benzene rings is 1. The summed E-state index contributed by atoms with van der Waals surface area (Å²) >= 11 is 0. The Morgan fingerprint density at radius 3 is 2.72 bits per heavy atom. The van der Waals surface area contributed by atoms with Gasteiger partial charge in [0.05, 0.1) is 7.11 Å². The van der Waals surface area contributed by atoms with Gasteiger partial charge in [0.25, 0.3) is 0 Å². The highest BCUT2D eigenvalue weighted by Gasteiger charge is 1.98. The van der Waals surface area contributed by atoms with Crippen molar-refractivity contribution >= 4 is 5.82 Å². The van der Waals surface area contributed by atoms with Gasteiger partial charge in [-0.25, -0.2) is 9.97 Å². The topological polar surface area (TPSA) is 70.8 Å². The minimum absolute atomic E-state index is 0.349. The fourth-order valence-electron chi connectivity index (χ4n) is 1.45. The Kier molecular flexibility index (Phi) is 3.72. The van der Waals surface area contributed by atoms with Crippen molar-refractivity contribution in [2.45, 2.75) is 6.54 Å². The monoisotopic (exact) mass is 240 g/mol. The number of nitrogens with one attached hydrogen (secondary N) is 1. The van der Waals surface area contributed by atoms with Crippen LogP contribution < -0.4 is 10.1 Å². The molecule has 1 aromatic carbocycles. The number of aromatic nitrogens is 2. The van der Waals surface area contributed by atoms with E-state index in [4.69, 9.17) is 10.00 Å². The highest BCUT2D eigenvalue weighted by Crippen LogP contribution is 2.12. The zero-order valence-corrected chi connectivity index (χ0v) is 9.92. The predicted molar refractivity (Wildman–Crippen MR) is 67.1 cm³/mol. The van der Waals surface area contributed by atoms with Gasteiger partial charge in [-0.15, -0.1) is 0 Å². The number of methoxy groups -OCH3 is 1. The highest BCUT2D eigenvalue weighted by atomic mass is 16.5. The Balaban J connectivity index is 2.00. The van der Waals surface area contributed by atoms with E-state index in [1.165, 1.54) is 6.33 Å². The van der Waals surface area contributed by atoms with Gasteiger partial charge < -0.3 is 10.1 Å². The molecule has 0 aliphatic carbocycles. The van der Waals surface area contributed by atoms with E-state index in [9.17, 15) is 0 Å². The average Bonchev–Trinajstić information content (AvgIpc) is 2.46. The van der Waals surface area contributed by atoms with Crippen molar-refractivity contribution in [3.05, 3.63) is 47.9 Å². The summed E-state index contributed by atoms with van der Waals surface area (Å²) < 4.78 is 5.09. The van der Waals surface area contributed by atoms with Crippen LogP contribution in [0.4, 0.5) is 5.82 Å². The van der Waals surface area contributed by atoms with Crippen LogP contribution in [0.2, 0.25) is 0 Å². The van der Waals surface area contributed by atoms with Crippen molar-refractivity contribution in [2.75, 3.05) is 12.4 Å². The van der Waals surface area contributed by atoms with Crippen LogP contribution in [0, 0.1) is 11.3 Å². The second-order valence-electron chi connectivity index (χ2n) is 3.60. The van der Waals surface area contributed by atoms with Crippen LogP contribution >= 0.6 is 0 Å². The standard InChI is InChI=1S/C13H12N4O/c1-18-12-4-2-10(3-5-12)8-15-13-6-11(7-14)16-9-17-13/h2-6,9H,8H2,1H3,(H,15,16,17). The van der Waals surface area contributed by atoms with Gasteiger partial charge in [-0.1, -0.05) is 12.1 Å². The molecule has 0 bridgehead atoms. The zero-order valence-electron chi connectivity index (χ0n) is 9.92. The predicted octanol–water partition coefficient (Wildman–Crippen LogP) is 1.97. The van der Waals surface area contributed by atoms with E-state index in [1.807, 2.05) is 30.3 Å². The van der Waals surface area contributed by atoms with Gasteiger partial charge in [-0.2, -0.15) is 5.26 Å². The largest absolute Gasteiger partial charge is 0.497 e. The fourth-order valence-corrected chi connectivity index (χ4v) is 1.45. The lowest BCUT2D eigenvalue weighted by Crippen LogP contribution is -2.02. The molecular formula is C13H12N4O. The van der Waals surface area contributed by atoms with E-state index in [0.717, 1.165) is 11.3 Å². The molecule has 5 heteroatoms. The molecule has 0 saturated heterocycles. The molecular weight excluding hydrogens is 228 g/mol. The smallest absolute Gasteiger partial charge is 0.145 e. The number of hydrogen-bond acceptors (Lipinski definition) is 5. The third-order valence-corrected chi connectivity index (χ3v) is 2.41. The molecule has 0 radical (unpaired) electrons. The van der Waals surface area contributed by atoms with Crippen molar-refractivity contribution in [3.8, 4) is 11.8 Å². The summed E-state index contributed by atoms with van der Waals surface area (Å²) in [6.07, 6.45) is 1.37. The van der Waals surface area contributed by atoms with Crippen molar-refractivity contribution < 1.29 is 4.74 Å². The van der Waals surface area contributed by atoms with Gasteiger partial charge in [0.1, 0.15) is 29.7 Å². The Labute approximate surface area is 105 Å². The molecule has 0 spiro atoms. The van der Waals surface area contributed by atoms with E-state index in [0.29, 0.717) is 18.1 Å². The molecule has 2 rings (SSSR count). The third kappa shape index (κ3) is 2.95. The second kappa shape index (κ2) is 5.64. The summed E-state index contributed by atoms with van der Waals surface area (Å²) in [6, 6.07) is 11.3. The SMILES string of the molecule is COc1ccc(CNc2cc(C#N)ncn2)cc1. The van der Waals surface area contributed by atoms with Crippen LogP contribution in [0.15, 0.2) is 36.7 Å². The van der Waals surface area contributed by atoms with Gasteiger partial charge in [0, 0.05) is 12.6 Å². The Hall–Kier alpha value is -2.61. The molecule has 1 N–H and O–H groups in total. The van der Waals surface area contributed by atoms with Crippen molar-refractivity contribution in [2.24, 2.45) is 0 Å². The Morgan fingerprint density at radius 1 is 1.28 bits per heavy atom. The van der Waals surface area contributed by atoms with Gasteiger partial charge >= 0.3 is 0 Å². The molecule has 0 fully saturated rings. The maximum atomic E-state index is 8.72. The minimum Gasteiger partial charge on any atom is -0.497 e. The summed E-state index contributed by atoms with van der Waals surface area (Å²) in [5.74, 6) is 1.46. The summed E-state index contributed by atoms with van der Waals surface area (Å²) in [6.45, 7) is 0.631. The normalized spacial score (nSPS) is 9.56. The van der Waals surface area contributed by atoms with E-state index in [-0.39, 0.29) is 0 Å². The second-order valence-corrected chi connectivity index (χ2v) is 3.60. The van der Waals surface area contributed by atoms with Crippen LogP contribution in [-0.4, -0.2) is 17.1 Å². The van der Waals surface area contributed by atoms with Crippen LogP contribution in [0.1, 0.15) is 11.3 Å². The van der Waals surface area contributed by atoms with Crippen molar-refractivity contribution in [3.63, 3.8) is 0 Å². The maximum absolute atomic E-state index is 8.72. The van der Waals surface area contributed by atoms with Gasteiger partial charge in [-0.3, -0.25) is 0 Å². The first-order valence-corrected chi connectivity index (χ1v) is 5.41. The molecule has 90 valence electrons. The first kappa shape index (κ1) is 11.9. The molecule has 0 aliphatic heterocycles. The highest BCUT2D eigenvalue weighted by molar-refractivity contribution is 5.40. The Morgan fingerprint density at radius 2 is 2.06 bits per heavy atom. The van der Waals surface area contributed by atoms with Gasteiger partial charge in [-0.05, 0) is 17.7 Å². The number of ether oxygens (including phenoxy) is 1. The summed E-state index contributed by atoms with van der Waals surface area (Å²) in [4.78, 5) is 7.84. The molecule has 1 aromatic heterocycles. The molecule has 5 nitrogen and oxygen atoms in total. The third-order valence-electron chi connectivity index (χ3n) is 2.41. The van der Waals surface area contributed by atoms with Crippen molar-refractivity contribution in [1.82, 2.24) is 9.97 Å². The molecule has 2 aromatic rings. The minimum atomic E-state index is 0.349. The maximum Gasteiger partial charge on any atom is 0.145 e. The lowest BCUT2D eigenvalue weighted by molar-refractivity contribution is 0.414. The molecule has 0 amide bonds. The summed E-state index contributed by atoms with van der Waals surface area (Å²) in [5.41, 5.74) is 1.45. The fraction of sp³-hybridized carbons (Fsp3) is 0.154. The number of anilines is 1. The number of rotatable bonds is 4. The van der Waals surface area contributed by atoms with Crippen LogP contribution in [0.3, 0.4) is 0 Å². The van der Waals surface area contributed by atoms with Crippen LogP contribution in [0.5, 0.6) is 5.75 Å². The molecule has 0 saturated carbocycles. The lowest BCUT2D eigenvalue weighted by atomic mass is 10.2. The Bertz CT molecular complexity index is 560. The molecule has 0 atom stereocenters. The first-order valence-electron chi connectivity index (χ1n) is 5.41. The van der Waals surface area contributed by atoms with Crippen LogP contribution in [0.25, 0.3) is 0 Å². The lowest BCUT2D eigenvalue weighted by Gasteiger charge is -2.06. The van der Waals surface area contributed by atoms with Gasteiger partial charge in [0.15, 0.2) is 0 Å². The van der Waals surface area contributed by atoms with E-state index >= 15 is 0 Å². The quantitative estimate of drug-likeness (QED) is 0.884. The van der Waals surface area contributed by atoms with E-state index in [1.54, 1.807) is 13.2 Å². The average molecular weight is 240 g/mol. The van der Waals surface area contributed by atoms with E-state index in [2.05, 4.69) is 15.3 Å². The van der Waals surface area contributed by atoms with Crippen LogP contribution in [-0.2, 0) is 6.54 Å². The van der Waals surface area contributed by atoms with Gasteiger partial charge in [0.2, 0.25) is 0 Å². The molecule has 1 heterocycles. The first-order chi connectivity index (χ1) is 8.81. The zero-order chi connectivity index (χ0) is 12.8. The van der Waals surface area contributed by atoms with Crippen molar-refractivity contribution in [1.29, 1.82) is 5.26 Å². The molecule has 18 heavy (non-hydrogen) atoms. The molecule has 0 aliphatic rings. The van der Waals surface area contributed by atoms with E-state index < -0.39 is 0 Å². The number of hydrogen-bond donors (Lipinski definition) is 1.